The number of para-hydroxylation sites is 2. The second-order valence-electron chi connectivity index (χ2n) is 16.1. The van der Waals surface area contributed by atoms with Crippen molar-refractivity contribution in [2.45, 2.75) is 0 Å². The molecule has 0 N–H and O–H groups in total. The van der Waals surface area contributed by atoms with Gasteiger partial charge >= 0.3 is 0 Å². The van der Waals surface area contributed by atoms with E-state index in [2.05, 4.69) is 252 Å². The molecule has 0 fully saturated rings. The smallest absolute Gasteiger partial charge is 0.0562 e. The summed E-state index contributed by atoms with van der Waals surface area (Å²) in [5.74, 6) is 0. The number of rotatable bonds is 8. The molecule has 0 radical (unpaired) electrons. The van der Waals surface area contributed by atoms with Gasteiger partial charge in [-0.2, -0.15) is 0 Å². The topological polar surface area (TPSA) is 8.17 Å². The van der Waals surface area contributed by atoms with E-state index in [1.54, 1.807) is 0 Å². The van der Waals surface area contributed by atoms with Crippen molar-refractivity contribution in [3.63, 3.8) is 0 Å². The van der Waals surface area contributed by atoms with Crippen LogP contribution in [0, 0.1) is 0 Å². The Morgan fingerprint density at radius 3 is 1.65 bits per heavy atom. The van der Waals surface area contributed by atoms with Gasteiger partial charge in [0.15, 0.2) is 0 Å². The molecule has 0 saturated heterocycles. The Balaban J connectivity index is 1.12. The summed E-state index contributed by atoms with van der Waals surface area (Å²) in [6.07, 6.45) is 0. The van der Waals surface area contributed by atoms with Gasteiger partial charge in [-0.05, 0) is 82.4 Å². The molecule has 12 rings (SSSR count). The van der Waals surface area contributed by atoms with Crippen LogP contribution >= 0.6 is 11.3 Å². The summed E-state index contributed by atoms with van der Waals surface area (Å²) in [6, 6.07) is 88.4. The summed E-state index contributed by atoms with van der Waals surface area (Å²) in [5, 5.41) is 5.03. The minimum Gasteiger partial charge on any atom is -0.310 e. The summed E-state index contributed by atoms with van der Waals surface area (Å²) in [7, 11) is 0. The van der Waals surface area contributed by atoms with E-state index in [1.807, 2.05) is 11.3 Å². The molecule has 0 unspecified atom stereocenters. The van der Waals surface area contributed by atoms with Crippen molar-refractivity contribution in [1.29, 1.82) is 0 Å². The zero-order valence-corrected chi connectivity index (χ0v) is 35.2. The zero-order chi connectivity index (χ0) is 41.7. The fourth-order valence-electron chi connectivity index (χ4n) is 9.47. The molecule has 296 valence electrons. The van der Waals surface area contributed by atoms with Crippen LogP contribution in [-0.2, 0) is 0 Å². The molecular weight excluding hydrogens is 781 g/mol. The Morgan fingerprint density at radius 2 is 0.873 bits per heavy atom. The zero-order valence-electron chi connectivity index (χ0n) is 34.4. The van der Waals surface area contributed by atoms with Crippen molar-refractivity contribution >= 4 is 70.4 Å². The molecule has 63 heavy (non-hydrogen) atoms. The average molecular weight is 821 g/mol. The van der Waals surface area contributed by atoms with Crippen LogP contribution in [0.2, 0.25) is 0 Å². The van der Waals surface area contributed by atoms with Crippen LogP contribution in [0.1, 0.15) is 0 Å². The highest BCUT2D eigenvalue weighted by Gasteiger charge is 2.22. The van der Waals surface area contributed by atoms with Gasteiger partial charge < -0.3 is 9.47 Å². The van der Waals surface area contributed by atoms with Crippen LogP contribution in [0.15, 0.2) is 243 Å². The summed E-state index contributed by atoms with van der Waals surface area (Å²) in [5.41, 5.74) is 16.3. The minimum absolute atomic E-state index is 1.08. The summed E-state index contributed by atoms with van der Waals surface area (Å²) in [6.45, 7) is 0. The van der Waals surface area contributed by atoms with Crippen molar-refractivity contribution in [3.05, 3.63) is 243 Å². The molecule has 10 aromatic carbocycles. The lowest BCUT2D eigenvalue weighted by Gasteiger charge is -2.28. The van der Waals surface area contributed by atoms with Gasteiger partial charge in [-0.25, -0.2) is 0 Å². The highest BCUT2D eigenvalue weighted by molar-refractivity contribution is 7.26. The third-order valence-corrected chi connectivity index (χ3v) is 13.6. The number of thiophene rings is 1. The molecule has 0 aliphatic heterocycles. The SMILES string of the molecule is c1ccc(-c2ccc(N(c3ccc4c5ccccc5n(-c5ccc(-c6ccccc6)cc5-c5cccc6c5sc5ccccc56)c4c3)c3ccccc3-c3ccccc3)cc2)cc1. The third kappa shape index (κ3) is 6.41. The van der Waals surface area contributed by atoms with Gasteiger partial charge in [0.05, 0.1) is 22.4 Å². The molecule has 0 aliphatic rings. The maximum atomic E-state index is 2.50. The van der Waals surface area contributed by atoms with Crippen molar-refractivity contribution in [2.24, 2.45) is 0 Å². The van der Waals surface area contributed by atoms with Crippen molar-refractivity contribution in [3.8, 4) is 50.2 Å². The lowest BCUT2D eigenvalue weighted by molar-refractivity contribution is 1.18. The van der Waals surface area contributed by atoms with E-state index in [4.69, 9.17) is 0 Å². The lowest BCUT2D eigenvalue weighted by atomic mass is 9.96. The Morgan fingerprint density at radius 1 is 0.317 bits per heavy atom. The van der Waals surface area contributed by atoms with Gasteiger partial charge in [-0.15, -0.1) is 11.3 Å². The van der Waals surface area contributed by atoms with Gasteiger partial charge in [-0.1, -0.05) is 188 Å². The molecule has 2 heterocycles. The fraction of sp³-hybridized carbons (Fsp3) is 0. The number of hydrogen-bond acceptors (Lipinski definition) is 2. The first-order valence-corrected chi connectivity index (χ1v) is 22.3. The van der Waals surface area contributed by atoms with Crippen LogP contribution in [0.3, 0.4) is 0 Å². The van der Waals surface area contributed by atoms with E-state index < -0.39 is 0 Å². The van der Waals surface area contributed by atoms with Crippen molar-refractivity contribution in [2.75, 3.05) is 4.90 Å². The van der Waals surface area contributed by atoms with Gasteiger partial charge in [0.2, 0.25) is 0 Å². The predicted octanol–water partition coefficient (Wildman–Crippen LogP) is 17.3. The normalized spacial score (nSPS) is 11.5. The van der Waals surface area contributed by atoms with Crippen LogP contribution in [0.4, 0.5) is 17.1 Å². The second kappa shape index (κ2) is 15.5. The van der Waals surface area contributed by atoms with E-state index in [1.165, 1.54) is 81.0 Å². The maximum Gasteiger partial charge on any atom is 0.0562 e. The molecule has 2 nitrogen and oxygen atoms in total. The minimum atomic E-state index is 1.08. The van der Waals surface area contributed by atoms with Crippen molar-refractivity contribution < 1.29 is 0 Å². The van der Waals surface area contributed by atoms with Gasteiger partial charge in [0, 0.05) is 59.0 Å². The summed E-state index contributed by atoms with van der Waals surface area (Å²) >= 11 is 1.88. The van der Waals surface area contributed by atoms with E-state index >= 15 is 0 Å². The molecule has 3 heteroatoms. The lowest BCUT2D eigenvalue weighted by Crippen LogP contribution is -2.11. The first kappa shape index (κ1) is 36.8. The Hall–Kier alpha value is -7.98. The molecule has 0 amide bonds. The molecule has 12 aromatic rings. The Kier molecular flexibility index (Phi) is 9.06. The third-order valence-electron chi connectivity index (χ3n) is 12.4. The Bertz CT molecular complexity index is 3600. The fourth-order valence-corrected chi connectivity index (χ4v) is 10.7. The Labute approximate surface area is 370 Å². The standard InChI is InChI=1S/C60H40N2S/c1-4-17-41(18-5-1)43-31-34-46(35-32-43)61(55-28-13-10-23-48(55)44-21-8-3-9-22-44)47-36-37-50-49-24-11-14-29-56(49)62(58(50)40-47)57-38-33-45(42-19-6-2-7-20-42)39-54(57)53-27-16-26-52-51-25-12-15-30-59(51)63-60(52)53/h1-40H. The van der Waals surface area contributed by atoms with Gasteiger partial charge in [-0.3, -0.25) is 0 Å². The van der Waals surface area contributed by atoms with E-state index in [0.717, 1.165) is 28.3 Å². The quantitative estimate of drug-likeness (QED) is 0.148. The first-order chi connectivity index (χ1) is 31.3. The van der Waals surface area contributed by atoms with E-state index in [9.17, 15) is 0 Å². The molecule has 0 spiro atoms. The summed E-state index contributed by atoms with van der Waals surface area (Å²) in [4.78, 5) is 2.43. The number of benzene rings is 10. The molecule has 0 saturated carbocycles. The highest BCUT2D eigenvalue weighted by Crippen LogP contribution is 2.47. The van der Waals surface area contributed by atoms with Gasteiger partial charge in [0.25, 0.3) is 0 Å². The number of nitrogens with zero attached hydrogens (tertiary/aromatic N) is 2. The summed E-state index contributed by atoms with van der Waals surface area (Å²) < 4.78 is 5.11. The second-order valence-corrected chi connectivity index (χ2v) is 17.1. The van der Waals surface area contributed by atoms with Gasteiger partial charge in [0.1, 0.15) is 0 Å². The molecule has 0 atom stereocenters. The van der Waals surface area contributed by atoms with Crippen LogP contribution in [0.25, 0.3) is 92.2 Å². The van der Waals surface area contributed by atoms with Crippen LogP contribution < -0.4 is 4.90 Å². The maximum absolute atomic E-state index is 2.50. The highest BCUT2D eigenvalue weighted by atomic mass is 32.1. The van der Waals surface area contributed by atoms with E-state index in [0.29, 0.717) is 0 Å². The number of anilines is 3. The largest absolute Gasteiger partial charge is 0.310 e. The van der Waals surface area contributed by atoms with Crippen LogP contribution in [0.5, 0.6) is 0 Å². The van der Waals surface area contributed by atoms with E-state index in [-0.39, 0.29) is 0 Å². The molecular formula is C60H40N2S. The van der Waals surface area contributed by atoms with Crippen molar-refractivity contribution in [1.82, 2.24) is 4.57 Å². The number of aromatic nitrogens is 1. The molecule has 2 aromatic heterocycles. The number of hydrogen-bond donors (Lipinski definition) is 0. The van der Waals surface area contributed by atoms with Crippen LogP contribution in [-0.4, -0.2) is 4.57 Å². The monoisotopic (exact) mass is 820 g/mol. The average Bonchev–Trinajstić information content (AvgIpc) is 3.91. The molecule has 0 bridgehead atoms. The molecule has 0 aliphatic carbocycles. The predicted molar refractivity (Wildman–Crippen MR) is 270 cm³/mol. The number of fused-ring (bicyclic) bond motifs is 6. The first-order valence-electron chi connectivity index (χ1n) is 21.5.